The second-order valence-electron chi connectivity index (χ2n) is 10.2. The zero-order valence-electron chi connectivity index (χ0n) is 23.1. The number of aryl methyl sites for hydroxylation is 2. The Labute approximate surface area is 228 Å². The van der Waals surface area contributed by atoms with E-state index in [-0.39, 0.29) is 5.69 Å². The molecule has 0 aliphatic heterocycles. The molecule has 0 bridgehead atoms. The number of imidazole rings is 1. The molecule has 3 aromatic heterocycles. The van der Waals surface area contributed by atoms with Crippen LogP contribution in [0.2, 0.25) is 0 Å². The van der Waals surface area contributed by atoms with Crippen LogP contribution >= 0.6 is 0 Å². The van der Waals surface area contributed by atoms with Gasteiger partial charge in [0.05, 0.1) is 12.2 Å². The van der Waals surface area contributed by atoms with Crippen LogP contribution in [0.15, 0.2) is 71.8 Å². The van der Waals surface area contributed by atoms with E-state index in [0.29, 0.717) is 24.0 Å². The first-order chi connectivity index (χ1) is 19.0. The molecule has 5 aromatic rings. The first-order valence-electron chi connectivity index (χ1n) is 13.7. The average Bonchev–Trinajstić information content (AvgIpc) is 3.59. The number of pyridine rings is 1. The summed E-state index contributed by atoms with van der Waals surface area (Å²) in [7, 11) is 0. The lowest BCUT2D eigenvalue weighted by Crippen LogP contribution is -2.26. The van der Waals surface area contributed by atoms with E-state index in [9.17, 15) is 4.79 Å². The monoisotopic (exact) mass is 521 g/mol. The number of aromatic nitrogens is 7. The molecule has 0 fully saturated rings. The highest BCUT2D eigenvalue weighted by Gasteiger charge is 2.19. The molecule has 2 aromatic carbocycles. The fourth-order valence-electron chi connectivity index (χ4n) is 5.20. The van der Waals surface area contributed by atoms with Gasteiger partial charge in [0.25, 0.3) is 0 Å². The molecule has 8 nitrogen and oxygen atoms in total. The highest BCUT2D eigenvalue weighted by molar-refractivity contribution is 5.77. The van der Waals surface area contributed by atoms with E-state index < -0.39 is 0 Å². The second-order valence-corrected chi connectivity index (χ2v) is 10.2. The van der Waals surface area contributed by atoms with Gasteiger partial charge in [-0.1, -0.05) is 89.1 Å². The summed E-state index contributed by atoms with van der Waals surface area (Å²) < 4.78 is 3.83. The minimum Gasteiger partial charge on any atom is -0.292 e. The number of tetrazole rings is 1. The smallest absolute Gasteiger partial charge is 0.292 e. The summed E-state index contributed by atoms with van der Waals surface area (Å²) in [6.45, 7) is 9.23. The summed E-state index contributed by atoms with van der Waals surface area (Å²) in [4.78, 5) is 18.4. The van der Waals surface area contributed by atoms with Gasteiger partial charge in [-0.3, -0.25) is 14.1 Å². The van der Waals surface area contributed by atoms with Crippen LogP contribution in [0.3, 0.4) is 0 Å². The molecule has 1 N–H and O–H groups in total. The average molecular weight is 522 g/mol. The Morgan fingerprint density at radius 1 is 0.949 bits per heavy atom. The SMILES string of the molecule is CCCc1cccc(C(C)C)c1-n1cc(CCC)n(Cc2ccc(-c3cccnc3-c3nn[nH]n3)cc2)c1=O. The van der Waals surface area contributed by atoms with Crippen LogP contribution in [-0.4, -0.2) is 34.7 Å². The zero-order chi connectivity index (χ0) is 27.4. The third-order valence-corrected chi connectivity index (χ3v) is 7.07. The number of H-pyrrole nitrogens is 1. The normalized spacial score (nSPS) is 11.4. The maximum absolute atomic E-state index is 14.0. The predicted octanol–water partition coefficient (Wildman–Crippen LogP) is 5.96. The molecule has 0 saturated heterocycles. The van der Waals surface area contributed by atoms with Gasteiger partial charge in [-0.2, -0.15) is 5.21 Å². The minimum absolute atomic E-state index is 0.0135. The van der Waals surface area contributed by atoms with E-state index in [2.05, 4.69) is 102 Å². The molecule has 0 aliphatic carbocycles. The quantitative estimate of drug-likeness (QED) is 0.245. The highest BCUT2D eigenvalue weighted by atomic mass is 16.1. The van der Waals surface area contributed by atoms with Crippen LogP contribution in [0, 0.1) is 0 Å². The first kappa shape index (κ1) is 26.3. The molecule has 5 rings (SSSR count). The number of para-hydroxylation sites is 1. The first-order valence-corrected chi connectivity index (χ1v) is 13.7. The van der Waals surface area contributed by atoms with Crippen molar-refractivity contribution in [1.29, 1.82) is 0 Å². The van der Waals surface area contributed by atoms with Gasteiger partial charge in [-0.25, -0.2) is 4.79 Å². The van der Waals surface area contributed by atoms with Crippen LogP contribution in [0.4, 0.5) is 0 Å². The number of nitrogens with zero attached hydrogens (tertiary/aromatic N) is 6. The van der Waals surface area contributed by atoms with Crippen molar-refractivity contribution in [3.63, 3.8) is 0 Å². The number of nitrogens with one attached hydrogen (secondary N) is 1. The topological polar surface area (TPSA) is 94.3 Å². The van der Waals surface area contributed by atoms with E-state index in [1.54, 1.807) is 6.20 Å². The van der Waals surface area contributed by atoms with Crippen LogP contribution in [0.25, 0.3) is 28.3 Å². The summed E-state index contributed by atoms with van der Waals surface area (Å²) in [5.74, 6) is 0.773. The lowest BCUT2D eigenvalue weighted by Gasteiger charge is -2.17. The van der Waals surface area contributed by atoms with Crippen molar-refractivity contribution in [2.24, 2.45) is 0 Å². The maximum atomic E-state index is 14.0. The van der Waals surface area contributed by atoms with Crippen molar-refractivity contribution in [2.45, 2.75) is 65.8 Å². The molecule has 3 heterocycles. The van der Waals surface area contributed by atoms with E-state index in [4.69, 9.17) is 0 Å². The summed E-state index contributed by atoms with van der Waals surface area (Å²) in [6.07, 6.45) is 7.57. The van der Waals surface area contributed by atoms with Crippen LogP contribution in [0.1, 0.15) is 68.8 Å². The molecule has 0 aliphatic rings. The summed E-state index contributed by atoms with van der Waals surface area (Å²) in [6, 6.07) is 18.6. The van der Waals surface area contributed by atoms with Gasteiger partial charge in [0.15, 0.2) is 0 Å². The molecule has 200 valence electrons. The lowest BCUT2D eigenvalue weighted by molar-refractivity contribution is 0.689. The number of rotatable bonds is 10. The summed E-state index contributed by atoms with van der Waals surface area (Å²) >= 11 is 0. The predicted molar refractivity (Wildman–Crippen MR) is 154 cm³/mol. The molecule has 8 heteroatoms. The van der Waals surface area contributed by atoms with Crippen LogP contribution < -0.4 is 5.69 Å². The highest BCUT2D eigenvalue weighted by Crippen LogP contribution is 2.29. The molecule has 0 spiro atoms. The Morgan fingerprint density at radius 3 is 2.44 bits per heavy atom. The molecule has 39 heavy (non-hydrogen) atoms. The van der Waals surface area contributed by atoms with Gasteiger partial charge in [0.2, 0.25) is 5.82 Å². The maximum Gasteiger partial charge on any atom is 0.333 e. The Balaban J connectivity index is 1.52. The van der Waals surface area contributed by atoms with E-state index in [1.165, 1.54) is 11.1 Å². The van der Waals surface area contributed by atoms with E-state index >= 15 is 0 Å². The van der Waals surface area contributed by atoms with Gasteiger partial charge in [-0.05, 0) is 52.3 Å². The third kappa shape index (κ3) is 5.32. The molecular formula is C31H35N7O. The number of hydrogen-bond donors (Lipinski definition) is 1. The van der Waals surface area contributed by atoms with Gasteiger partial charge >= 0.3 is 5.69 Å². The summed E-state index contributed by atoms with van der Waals surface area (Å²) in [5.41, 5.74) is 8.21. The zero-order valence-corrected chi connectivity index (χ0v) is 23.1. The standard InChI is InChI=1S/C31H35N7O/c1-5-9-24-11-7-12-26(21(3)4)29(24)38-20-25(10-6-2)37(31(38)39)19-22-14-16-23(17-15-22)27-13-8-18-32-28(27)30-33-35-36-34-30/h7-8,11-18,20-21H,5-6,9-10,19H2,1-4H3,(H,33,34,35,36). The molecule has 0 radical (unpaired) electrons. The Hall–Kier alpha value is -4.33. The Bertz CT molecular complexity index is 1600. The van der Waals surface area contributed by atoms with Gasteiger partial charge in [0, 0.05) is 23.7 Å². The fourth-order valence-corrected chi connectivity index (χ4v) is 5.20. The Kier molecular flexibility index (Phi) is 7.81. The number of benzene rings is 2. The largest absolute Gasteiger partial charge is 0.333 e. The molecule has 0 saturated carbocycles. The van der Waals surface area contributed by atoms with Crippen molar-refractivity contribution in [1.82, 2.24) is 34.7 Å². The minimum atomic E-state index is 0.0135. The van der Waals surface area contributed by atoms with Crippen molar-refractivity contribution < 1.29 is 0 Å². The molecular weight excluding hydrogens is 486 g/mol. The van der Waals surface area contributed by atoms with Gasteiger partial charge in [-0.15, -0.1) is 10.2 Å². The van der Waals surface area contributed by atoms with Gasteiger partial charge < -0.3 is 0 Å². The molecule has 0 atom stereocenters. The molecule has 0 unspecified atom stereocenters. The Morgan fingerprint density at radius 2 is 1.74 bits per heavy atom. The van der Waals surface area contributed by atoms with Crippen LogP contribution in [-0.2, 0) is 19.4 Å². The second kappa shape index (κ2) is 11.6. The van der Waals surface area contributed by atoms with Crippen LogP contribution in [0.5, 0.6) is 0 Å². The number of hydrogen-bond acceptors (Lipinski definition) is 5. The van der Waals surface area contributed by atoms with Gasteiger partial charge in [0.1, 0.15) is 5.69 Å². The van der Waals surface area contributed by atoms with Crippen molar-refractivity contribution in [3.05, 3.63) is 99.9 Å². The fraction of sp³-hybridized carbons (Fsp3) is 0.323. The third-order valence-electron chi connectivity index (χ3n) is 7.07. The molecule has 0 amide bonds. The summed E-state index contributed by atoms with van der Waals surface area (Å²) in [5, 5.41) is 14.4. The van der Waals surface area contributed by atoms with Crippen molar-refractivity contribution in [2.75, 3.05) is 0 Å². The van der Waals surface area contributed by atoms with Crippen molar-refractivity contribution >= 4 is 0 Å². The lowest BCUT2D eigenvalue weighted by atomic mass is 9.95. The van der Waals surface area contributed by atoms with E-state index in [1.807, 2.05) is 21.3 Å². The number of aromatic amines is 1. The van der Waals surface area contributed by atoms with E-state index in [0.717, 1.165) is 53.8 Å². The van der Waals surface area contributed by atoms with Crippen molar-refractivity contribution in [3.8, 4) is 28.3 Å².